The summed E-state index contributed by atoms with van der Waals surface area (Å²) < 4.78 is 7.03. The van der Waals surface area contributed by atoms with Gasteiger partial charge in [-0.25, -0.2) is 0 Å². The van der Waals surface area contributed by atoms with Crippen LogP contribution in [0.25, 0.3) is 93.7 Å². The number of benzene rings is 8. The molecule has 0 saturated carbocycles. The molecule has 0 N–H and O–H groups in total. The molecule has 244 valence electrons. The van der Waals surface area contributed by atoms with E-state index in [1.165, 1.54) is 89.7 Å². The van der Waals surface area contributed by atoms with E-state index in [1.54, 1.807) is 0 Å². The molecule has 9 aromatic rings. The van der Waals surface area contributed by atoms with E-state index in [1.807, 2.05) is 0 Å². The number of hydrogen-bond acceptors (Lipinski definition) is 1. The minimum absolute atomic E-state index is 0.930. The van der Waals surface area contributed by atoms with Crippen molar-refractivity contribution in [3.05, 3.63) is 162 Å². The first-order valence-electron chi connectivity index (χ1n) is 18.5. The van der Waals surface area contributed by atoms with E-state index in [9.17, 15) is 0 Å². The number of fused-ring (bicyclic) bond motifs is 7. The van der Waals surface area contributed by atoms with Crippen LogP contribution in [0.5, 0.6) is 0 Å². The van der Waals surface area contributed by atoms with Gasteiger partial charge in [-0.2, -0.15) is 0 Å². The number of rotatable bonds is 6. The number of allylic oxidation sites excluding steroid dienone is 1. The third-order valence-electron chi connectivity index (χ3n) is 11.2. The van der Waals surface area contributed by atoms with Gasteiger partial charge in [-0.05, 0) is 109 Å². The lowest BCUT2D eigenvalue weighted by Gasteiger charge is -2.23. The molecule has 8 aromatic carbocycles. The number of para-hydroxylation sites is 1. The summed E-state index contributed by atoms with van der Waals surface area (Å²) in [7, 11) is 0. The zero-order valence-corrected chi connectivity index (χ0v) is 28.9. The molecular formula is C50H38O. The van der Waals surface area contributed by atoms with Gasteiger partial charge in [-0.3, -0.25) is 0 Å². The molecule has 1 heteroatoms. The minimum Gasteiger partial charge on any atom is -0.455 e. The lowest BCUT2D eigenvalue weighted by molar-refractivity contribution is 0.670. The first-order valence-corrected chi connectivity index (χ1v) is 18.5. The van der Waals surface area contributed by atoms with Gasteiger partial charge in [0.2, 0.25) is 0 Å². The molecule has 0 aliphatic heterocycles. The van der Waals surface area contributed by atoms with Crippen molar-refractivity contribution >= 4 is 60.3 Å². The van der Waals surface area contributed by atoms with Gasteiger partial charge in [0.05, 0.1) is 0 Å². The van der Waals surface area contributed by atoms with Crippen LogP contribution in [0.3, 0.4) is 0 Å². The summed E-state index contributed by atoms with van der Waals surface area (Å²) in [5.41, 5.74) is 13.6. The second-order valence-corrected chi connectivity index (χ2v) is 14.0. The second-order valence-electron chi connectivity index (χ2n) is 14.0. The molecule has 1 aromatic heterocycles. The fourth-order valence-corrected chi connectivity index (χ4v) is 8.91. The maximum Gasteiger partial charge on any atom is 0.143 e. The largest absolute Gasteiger partial charge is 0.455 e. The number of furan rings is 1. The third-order valence-corrected chi connectivity index (χ3v) is 11.2. The highest BCUT2D eigenvalue weighted by atomic mass is 16.3. The van der Waals surface area contributed by atoms with E-state index in [4.69, 9.17) is 4.42 Å². The highest BCUT2D eigenvalue weighted by molar-refractivity contribution is 6.20. The molecule has 1 heterocycles. The topological polar surface area (TPSA) is 13.1 Å². The van der Waals surface area contributed by atoms with E-state index in [2.05, 4.69) is 159 Å². The van der Waals surface area contributed by atoms with Crippen molar-refractivity contribution in [3.8, 4) is 33.4 Å². The van der Waals surface area contributed by atoms with Crippen molar-refractivity contribution in [1.29, 1.82) is 0 Å². The van der Waals surface area contributed by atoms with Gasteiger partial charge in [0, 0.05) is 21.9 Å². The monoisotopic (exact) mass is 654 g/mol. The maximum absolute atomic E-state index is 7.03. The lowest BCUT2D eigenvalue weighted by Crippen LogP contribution is -2.02. The lowest BCUT2D eigenvalue weighted by atomic mass is 9.80. The Bertz CT molecular complexity index is 2770. The maximum atomic E-state index is 7.03. The van der Waals surface area contributed by atoms with Crippen LogP contribution in [0.1, 0.15) is 42.9 Å². The average molecular weight is 655 g/mol. The fraction of sp³-hybridized carbons (Fsp3) is 0.120. The molecule has 0 amide bonds. The summed E-state index contributed by atoms with van der Waals surface area (Å²) in [6.07, 6.45) is 10.2. The third kappa shape index (κ3) is 4.68. The summed E-state index contributed by atoms with van der Waals surface area (Å²) >= 11 is 0. The zero-order valence-electron chi connectivity index (χ0n) is 28.9. The zero-order chi connectivity index (χ0) is 33.9. The molecule has 0 spiro atoms. The highest BCUT2D eigenvalue weighted by Gasteiger charge is 2.23. The normalized spacial score (nSPS) is 12.8. The molecule has 1 aliphatic rings. The fourth-order valence-electron chi connectivity index (χ4n) is 8.91. The van der Waals surface area contributed by atoms with E-state index >= 15 is 0 Å². The number of aryl methyl sites for hydroxylation is 1. The Morgan fingerprint density at radius 1 is 0.529 bits per heavy atom. The van der Waals surface area contributed by atoms with Gasteiger partial charge < -0.3 is 4.42 Å². The molecule has 0 bridgehead atoms. The predicted octanol–water partition coefficient (Wildman–Crippen LogP) is 14.3. The van der Waals surface area contributed by atoms with Crippen LogP contribution in [0.2, 0.25) is 0 Å². The summed E-state index contributed by atoms with van der Waals surface area (Å²) in [5, 5.41) is 10.2. The first-order chi connectivity index (χ1) is 25.3. The van der Waals surface area contributed by atoms with Gasteiger partial charge in [-0.15, -0.1) is 0 Å². The van der Waals surface area contributed by atoms with E-state index in [-0.39, 0.29) is 0 Å². The molecule has 1 aliphatic carbocycles. The van der Waals surface area contributed by atoms with Crippen molar-refractivity contribution in [1.82, 2.24) is 0 Å². The Kier molecular flexibility index (Phi) is 7.13. The van der Waals surface area contributed by atoms with Crippen LogP contribution >= 0.6 is 0 Å². The smallest absolute Gasteiger partial charge is 0.143 e. The molecule has 0 fully saturated rings. The van der Waals surface area contributed by atoms with Gasteiger partial charge in [0.25, 0.3) is 0 Å². The SMILES string of the molecule is CCCCc1c2ccccc2c(-c2cccc3c2oc2cc(-c4c5c(c(-c6ccccc6)c6ccccc46)C=CCC5)ccc23)c2ccccc12. The molecule has 0 saturated heterocycles. The summed E-state index contributed by atoms with van der Waals surface area (Å²) in [6, 6.07) is 51.4. The van der Waals surface area contributed by atoms with Crippen molar-refractivity contribution < 1.29 is 4.42 Å². The molecule has 1 nitrogen and oxygen atoms in total. The Balaban J connectivity index is 1.22. The number of hydrogen-bond donors (Lipinski definition) is 0. The number of unbranched alkanes of at least 4 members (excludes halogenated alkanes) is 1. The Labute approximate surface area is 298 Å². The van der Waals surface area contributed by atoms with Gasteiger partial charge in [0.1, 0.15) is 11.2 Å². The van der Waals surface area contributed by atoms with Crippen LogP contribution in [0.15, 0.2) is 150 Å². The standard InChI is InChI=1S/C50H38O/c1-2-3-18-34-35-19-7-9-21-38(35)49(39-22-10-8-20-36(34)39)45-28-15-27-44-37-30-29-33(31-46(37)51-50(44)45)48-42-25-13-11-23-40(42)47(32-16-5-4-6-17-32)41-24-12-14-26-43(41)48/h4-13,15-17,19-25,27-31H,2-3,14,18,26H2,1H3. The van der Waals surface area contributed by atoms with Crippen molar-refractivity contribution in [2.75, 3.05) is 0 Å². The Morgan fingerprint density at radius 2 is 1.16 bits per heavy atom. The summed E-state index contributed by atoms with van der Waals surface area (Å²) in [4.78, 5) is 0. The Morgan fingerprint density at radius 3 is 1.86 bits per heavy atom. The van der Waals surface area contributed by atoms with Crippen LogP contribution in [0.4, 0.5) is 0 Å². The molecule has 10 rings (SSSR count). The van der Waals surface area contributed by atoms with Crippen molar-refractivity contribution in [2.24, 2.45) is 0 Å². The van der Waals surface area contributed by atoms with Crippen LogP contribution in [0, 0.1) is 0 Å². The van der Waals surface area contributed by atoms with Gasteiger partial charge in [-0.1, -0.05) is 153 Å². The average Bonchev–Trinajstić information content (AvgIpc) is 3.57. The minimum atomic E-state index is 0.930. The highest BCUT2D eigenvalue weighted by Crippen LogP contribution is 2.47. The van der Waals surface area contributed by atoms with Gasteiger partial charge >= 0.3 is 0 Å². The predicted molar refractivity (Wildman–Crippen MR) is 219 cm³/mol. The summed E-state index contributed by atoms with van der Waals surface area (Å²) in [6.45, 7) is 2.28. The molecular weight excluding hydrogens is 617 g/mol. The van der Waals surface area contributed by atoms with Crippen LogP contribution in [-0.4, -0.2) is 0 Å². The first kappa shape index (κ1) is 29.9. The van der Waals surface area contributed by atoms with E-state index in [0.29, 0.717) is 0 Å². The van der Waals surface area contributed by atoms with E-state index in [0.717, 1.165) is 46.8 Å². The Hall–Kier alpha value is -5.92. The van der Waals surface area contributed by atoms with Gasteiger partial charge in [0.15, 0.2) is 0 Å². The molecule has 0 unspecified atom stereocenters. The molecule has 0 atom stereocenters. The van der Waals surface area contributed by atoms with E-state index < -0.39 is 0 Å². The molecule has 51 heavy (non-hydrogen) atoms. The summed E-state index contributed by atoms with van der Waals surface area (Å²) in [5.74, 6) is 0. The van der Waals surface area contributed by atoms with Crippen LogP contribution in [-0.2, 0) is 12.8 Å². The van der Waals surface area contributed by atoms with Crippen molar-refractivity contribution in [3.63, 3.8) is 0 Å². The molecule has 0 radical (unpaired) electrons. The quantitative estimate of drug-likeness (QED) is 0.163. The van der Waals surface area contributed by atoms with Crippen LogP contribution < -0.4 is 0 Å². The second kappa shape index (κ2) is 12.1. The van der Waals surface area contributed by atoms with Crippen molar-refractivity contribution in [2.45, 2.75) is 39.0 Å².